The second kappa shape index (κ2) is 12.4. The van der Waals surface area contributed by atoms with Gasteiger partial charge >= 0.3 is 11.9 Å². The fourth-order valence-electron chi connectivity index (χ4n) is 4.17. The van der Waals surface area contributed by atoms with E-state index in [1.165, 1.54) is 0 Å². The highest BCUT2D eigenvalue weighted by molar-refractivity contribution is 5.89. The highest BCUT2D eigenvalue weighted by Crippen LogP contribution is 2.42. The lowest BCUT2D eigenvalue weighted by molar-refractivity contribution is -0.140. The Morgan fingerprint density at radius 1 is 1.03 bits per heavy atom. The molecule has 35 heavy (non-hydrogen) atoms. The van der Waals surface area contributed by atoms with Crippen LogP contribution >= 0.6 is 0 Å². The number of hydrogen-bond acceptors (Lipinski definition) is 7. The number of allylic oxidation sites excluding steroid dienone is 1. The van der Waals surface area contributed by atoms with Crippen molar-refractivity contribution >= 4 is 11.9 Å². The molecule has 188 valence electrons. The summed E-state index contributed by atoms with van der Waals surface area (Å²) in [7, 11) is 3.19. The van der Waals surface area contributed by atoms with E-state index in [1.807, 2.05) is 37.3 Å². The van der Waals surface area contributed by atoms with Gasteiger partial charge in [-0.15, -0.1) is 0 Å². The lowest BCUT2D eigenvalue weighted by Gasteiger charge is -2.20. The number of benzene rings is 2. The summed E-state index contributed by atoms with van der Waals surface area (Å²) in [4.78, 5) is 24.2. The van der Waals surface area contributed by atoms with E-state index >= 15 is 0 Å². The molecule has 0 N–H and O–H groups in total. The Hall–Kier alpha value is -3.32. The molecular formula is C28H34O7. The van der Waals surface area contributed by atoms with Gasteiger partial charge in [-0.1, -0.05) is 24.3 Å². The first-order valence-corrected chi connectivity index (χ1v) is 11.8. The summed E-state index contributed by atoms with van der Waals surface area (Å²) in [6.45, 7) is 5.92. The van der Waals surface area contributed by atoms with E-state index < -0.39 is 0 Å². The van der Waals surface area contributed by atoms with Crippen molar-refractivity contribution in [2.24, 2.45) is 5.92 Å². The van der Waals surface area contributed by atoms with Crippen LogP contribution < -0.4 is 9.47 Å². The van der Waals surface area contributed by atoms with Crippen LogP contribution in [-0.2, 0) is 25.4 Å². The molecule has 1 fully saturated rings. The van der Waals surface area contributed by atoms with Crippen LogP contribution in [0.3, 0.4) is 0 Å². The van der Waals surface area contributed by atoms with Crippen molar-refractivity contribution in [2.75, 3.05) is 27.4 Å². The molecule has 1 unspecified atom stereocenters. The topological polar surface area (TPSA) is 80.3 Å². The van der Waals surface area contributed by atoms with Crippen molar-refractivity contribution in [1.82, 2.24) is 0 Å². The molecule has 0 saturated carbocycles. The van der Waals surface area contributed by atoms with Gasteiger partial charge in [-0.3, -0.25) is 0 Å². The molecule has 1 heterocycles. The van der Waals surface area contributed by atoms with Crippen molar-refractivity contribution in [3.63, 3.8) is 0 Å². The molecule has 2 aromatic rings. The summed E-state index contributed by atoms with van der Waals surface area (Å²) in [6.07, 6.45) is 2.79. The first-order chi connectivity index (χ1) is 16.9. The number of hydrogen-bond donors (Lipinski definition) is 0. The molecule has 0 bridgehead atoms. The molecule has 0 radical (unpaired) electrons. The molecule has 0 amide bonds. The molecule has 7 heteroatoms. The second-order valence-electron chi connectivity index (χ2n) is 8.48. The number of methoxy groups -OCH3 is 2. The third kappa shape index (κ3) is 6.63. The summed E-state index contributed by atoms with van der Waals surface area (Å²) in [5, 5.41) is 0. The van der Waals surface area contributed by atoms with Crippen LogP contribution in [0.4, 0.5) is 0 Å². The number of carbonyl (C=O) groups excluding carboxylic acids is 2. The van der Waals surface area contributed by atoms with E-state index in [9.17, 15) is 9.59 Å². The second-order valence-corrected chi connectivity index (χ2v) is 8.48. The normalized spacial score (nSPS) is 19.8. The van der Waals surface area contributed by atoms with Gasteiger partial charge in [0.15, 0.2) is 11.5 Å². The Labute approximate surface area is 207 Å². The van der Waals surface area contributed by atoms with Crippen molar-refractivity contribution in [2.45, 2.75) is 45.8 Å². The van der Waals surface area contributed by atoms with Crippen LogP contribution in [0, 0.1) is 5.92 Å². The van der Waals surface area contributed by atoms with Gasteiger partial charge in [0.05, 0.1) is 45.2 Å². The maximum absolute atomic E-state index is 12.3. The number of carbonyl (C=O) groups is 2. The largest absolute Gasteiger partial charge is 0.493 e. The van der Waals surface area contributed by atoms with E-state index in [4.69, 9.17) is 23.7 Å². The molecule has 0 aliphatic carbocycles. The Morgan fingerprint density at radius 2 is 1.74 bits per heavy atom. The van der Waals surface area contributed by atoms with E-state index in [0.717, 1.165) is 17.5 Å². The number of ether oxygens (including phenoxy) is 5. The van der Waals surface area contributed by atoms with E-state index in [1.54, 1.807) is 46.3 Å². The highest BCUT2D eigenvalue weighted by atomic mass is 16.5. The molecule has 2 aromatic carbocycles. The Balaban J connectivity index is 1.77. The maximum atomic E-state index is 12.3. The van der Waals surface area contributed by atoms with Gasteiger partial charge < -0.3 is 23.7 Å². The summed E-state index contributed by atoms with van der Waals surface area (Å²) >= 11 is 0. The zero-order chi connectivity index (χ0) is 25.4. The van der Waals surface area contributed by atoms with Crippen molar-refractivity contribution in [3.8, 4) is 11.5 Å². The van der Waals surface area contributed by atoms with Crippen molar-refractivity contribution in [3.05, 3.63) is 70.8 Å². The average molecular weight is 483 g/mol. The predicted molar refractivity (Wildman–Crippen MR) is 132 cm³/mol. The number of rotatable bonds is 10. The number of esters is 2. The van der Waals surface area contributed by atoms with Crippen LogP contribution in [0.1, 0.15) is 54.8 Å². The average Bonchev–Trinajstić information content (AvgIpc) is 3.29. The highest BCUT2D eigenvalue weighted by Gasteiger charge is 2.37. The molecule has 3 rings (SSSR count). The van der Waals surface area contributed by atoms with Gasteiger partial charge in [0.2, 0.25) is 0 Å². The lowest BCUT2D eigenvalue weighted by Crippen LogP contribution is -2.18. The van der Waals surface area contributed by atoms with Crippen LogP contribution in [0.2, 0.25) is 0 Å². The van der Waals surface area contributed by atoms with Gasteiger partial charge in [-0.2, -0.15) is 0 Å². The van der Waals surface area contributed by atoms with Crippen LogP contribution in [0.15, 0.2) is 54.1 Å². The maximum Gasteiger partial charge on any atom is 0.338 e. The summed E-state index contributed by atoms with van der Waals surface area (Å²) in [5.41, 5.74) is 3.09. The summed E-state index contributed by atoms with van der Waals surface area (Å²) in [5.74, 6) is 0.580. The Morgan fingerprint density at radius 3 is 2.37 bits per heavy atom. The SMILES string of the molecule is C/C=C(/C)C(=O)OC[C@H]1CC(Cc2ccc(C(=O)OCC)cc2)O[C@@H]1c1ccc(OC)c(OC)c1. The van der Waals surface area contributed by atoms with Gasteiger partial charge in [0.25, 0.3) is 0 Å². The zero-order valence-electron chi connectivity index (χ0n) is 21.0. The molecule has 1 aliphatic heterocycles. The van der Waals surface area contributed by atoms with E-state index in [2.05, 4.69) is 0 Å². The van der Waals surface area contributed by atoms with E-state index in [-0.39, 0.29) is 36.7 Å². The Kier molecular flexibility index (Phi) is 9.32. The molecule has 0 aromatic heterocycles. The van der Waals surface area contributed by atoms with Crippen LogP contribution in [-0.4, -0.2) is 45.5 Å². The fourth-order valence-corrected chi connectivity index (χ4v) is 4.17. The summed E-state index contributed by atoms with van der Waals surface area (Å²) < 4.78 is 28.0. The molecule has 1 saturated heterocycles. The molecular weight excluding hydrogens is 448 g/mol. The standard InChI is InChI=1S/C28H34O7/c1-6-18(3)27(29)34-17-22-15-23(14-19-8-10-20(11-9-19)28(30)33-7-2)35-26(22)21-12-13-24(31-4)25(16-21)32-5/h6,8-13,16,22-23,26H,7,14-15,17H2,1-5H3/b18-6-/t22-,23?,26-/m1/s1. The first-order valence-electron chi connectivity index (χ1n) is 11.8. The van der Waals surface area contributed by atoms with Crippen molar-refractivity contribution in [1.29, 1.82) is 0 Å². The quantitative estimate of drug-likeness (QED) is 0.345. The monoisotopic (exact) mass is 482 g/mol. The van der Waals surface area contributed by atoms with E-state index in [0.29, 0.717) is 35.7 Å². The van der Waals surface area contributed by atoms with Gasteiger partial charge in [0, 0.05) is 11.5 Å². The third-order valence-electron chi connectivity index (χ3n) is 6.18. The minimum Gasteiger partial charge on any atom is -0.493 e. The lowest BCUT2D eigenvalue weighted by atomic mass is 9.93. The third-order valence-corrected chi connectivity index (χ3v) is 6.18. The van der Waals surface area contributed by atoms with Crippen LogP contribution in [0.25, 0.3) is 0 Å². The Bertz CT molecular complexity index is 1040. The van der Waals surface area contributed by atoms with Crippen molar-refractivity contribution < 1.29 is 33.3 Å². The fraction of sp³-hybridized carbons (Fsp3) is 0.429. The van der Waals surface area contributed by atoms with Gasteiger partial charge in [-0.05, 0) is 69.0 Å². The van der Waals surface area contributed by atoms with Crippen LogP contribution in [0.5, 0.6) is 11.5 Å². The molecule has 7 nitrogen and oxygen atoms in total. The van der Waals surface area contributed by atoms with Gasteiger partial charge in [-0.25, -0.2) is 9.59 Å². The minimum atomic E-state index is -0.331. The molecule has 0 spiro atoms. The molecule has 3 atom stereocenters. The van der Waals surface area contributed by atoms with Gasteiger partial charge in [0.1, 0.15) is 0 Å². The first kappa shape index (κ1) is 26.3. The molecule has 1 aliphatic rings. The predicted octanol–water partition coefficient (Wildman–Crippen LogP) is 5.08. The summed E-state index contributed by atoms with van der Waals surface area (Å²) in [6, 6.07) is 13.1. The minimum absolute atomic E-state index is 0.0227. The zero-order valence-corrected chi connectivity index (χ0v) is 21.0. The smallest absolute Gasteiger partial charge is 0.338 e.